The Labute approximate surface area is 131 Å². The van der Waals surface area contributed by atoms with E-state index < -0.39 is 10.9 Å². The Bertz CT molecular complexity index is 844. The Hall–Kier alpha value is -3.22. The number of amides is 1. The highest BCUT2D eigenvalue weighted by atomic mass is 16.6. The van der Waals surface area contributed by atoms with E-state index >= 15 is 0 Å². The van der Waals surface area contributed by atoms with Crippen molar-refractivity contribution in [2.45, 2.75) is 6.54 Å². The summed E-state index contributed by atoms with van der Waals surface area (Å²) in [5.74, 6) is -0.909. The molecule has 0 saturated heterocycles. The highest BCUT2D eigenvalue weighted by Crippen LogP contribution is 2.32. The average Bonchev–Trinajstić information content (AvgIpc) is 2.95. The topological polar surface area (TPSA) is 98.5 Å². The number of hydrogen-bond donors (Lipinski definition) is 1. The van der Waals surface area contributed by atoms with Crippen molar-refractivity contribution < 1.29 is 19.2 Å². The molecule has 0 aliphatic carbocycles. The van der Waals surface area contributed by atoms with Gasteiger partial charge in [-0.05, 0) is 22.8 Å². The molecule has 0 bridgehead atoms. The number of carbonyl (C=O) groups excluding carboxylic acids is 2. The van der Waals surface area contributed by atoms with Crippen LogP contribution in [0.1, 0.15) is 26.3 Å². The molecule has 7 nitrogen and oxygen atoms in total. The van der Waals surface area contributed by atoms with Crippen molar-refractivity contribution in [3.8, 4) is 11.1 Å². The molecule has 7 heteroatoms. The van der Waals surface area contributed by atoms with Gasteiger partial charge >= 0.3 is 5.97 Å². The Morgan fingerprint density at radius 2 is 2.09 bits per heavy atom. The Morgan fingerprint density at radius 3 is 2.78 bits per heavy atom. The summed E-state index contributed by atoms with van der Waals surface area (Å²) in [5.41, 5.74) is 2.09. The summed E-state index contributed by atoms with van der Waals surface area (Å²) in [6.07, 6.45) is 0. The van der Waals surface area contributed by atoms with Gasteiger partial charge in [0.1, 0.15) is 0 Å². The number of ether oxygens (including phenoxy) is 1. The Balaban J connectivity index is 2.23. The molecular formula is C16H12N2O5. The van der Waals surface area contributed by atoms with Gasteiger partial charge in [-0.25, -0.2) is 4.79 Å². The third kappa shape index (κ3) is 2.52. The van der Waals surface area contributed by atoms with Crippen LogP contribution < -0.4 is 5.32 Å². The van der Waals surface area contributed by atoms with E-state index in [0.717, 1.165) is 11.6 Å². The molecule has 1 heterocycles. The van der Waals surface area contributed by atoms with E-state index in [1.165, 1.54) is 19.2 Å². The van der Waals surface area contributed by atoms with Crippen LogP contribution >= 0.6 is 0 Å². The molecule has 0 fully saturated rings. The number of nitrogens with one attached hydrogen (secondary N) is 1. The van der Waals surface area contributed by atoms with Gasteiger partial charge in [-0.15, -0.1) is 0 Å². The van der Waals surface area contributed by atoms with Gasteiger partial charge in [0.15, 0.2) is 0 Å². The van der Waals surface area contributed by atoms with Crippen LogP contribution in [-0.2, 0) is 11.3 Å². The van der Waals surface area contributed by atoms with E-state index in [0.29, 0.717) is 23.2 Å². The molecule has 0 aromatic heterocycles. The molecule has 0 atom stereocenters. The van der Waals surface area contributed by atoms with Crippen molar-refractivity contribution in [3.05, 3.63) is 63.2 Å². The summed E-state index contributed by atoms with van der Waals surface area (Å²) in [5, 5.41) is 13.8. The fourth-order valence-corrected chi connectivity index (χ4v) is 2.63. The summed E-state index contributed by atoms with van der Waals surface area (Å²) >= 11 is 0. The molecular weight excluding hydrogens is 300 g/mol. The minimum absolute atomic E-state index is 0.0627. The fraction of sp³-hybridized carbons (Fsp3) is 0.125. The number of nitro groups is 1. The van der Waals surface area contributed by atoms with Crippen molar-refractivity contribution in [2.75, 3.05) is 7.11 Å². The van der Waals surface area contributed by atoms with E-state index in [1.54, 1.807) is 12.1 Å². The van der Waals surface area contributed by atoms with E-state index in [-0.39, 0.29) is 17.2 Å². The van der Waals surface area contributed by atoms with Crippen LogP contribution in [0, 0.1) is 10.1 Å². The smallest absolute Gasteiger partial charge is 0.338 e. The number of fused-ring (bicyclic) bond motifs is 1. The zero-order valence-electron chi connectivity index (χ0n) is 12.2. The standard InChI is InChI=1S/C16H12N2O5/c1-23-16(20)11-5-10(6-12(7-11)18(21)22)13-4-2-3-9-8-17-15(19)14(9)13/h2-7H,8H2,1H3,(H,17,19). The second-order valence-electron chi connectivity index (χ2n) is 5.04. The minimum atomic E-state index is -0.674. The van der Waals surface area contributed by atoms with Crippen molar-refractivity contribution in [1.29, 1.82) is 0 Å². The molecule has 116 valence electrons. The second kappa shape index (κ2) is 5.53. The molecule has 2 aromatic carbocycles. The van der Waals surface area contributed by atoms with Gasteiger partial charge in [0.2, 0.25) is 0 Å². The van der Waals surface area contributed by atoms with E-state index in [9.17, 15) is 19.7 Å². The molecule has 1 amide bonds. The molecule has 2 aromatic rings. The van der Waals surface area contributed by atoms with Crippen LogP contribution in [0.5, 0.6) is 0 Å². The van der Waals surface area contributed by atoms with Crippen LogP contribution in [-0.4, -0.2) is 23.9 Å². The first-order valence-electron chi connectivity index (χ1n) is 6.79. The number of carbonyl (C=O) groups is 2. The zero-order chi connectivity index (χ0) is 16.6. The minimum Gasteiger partial charge on any atom is -0.465 e. The molecule has 0 saturated carbocycles. The summed E-state index contributed by atoms with van der Waals surface area (Å²) < 4.78 is 4.63. The van der Waals surface area contributed by atoms with E-state index in [1.807, 2.05) is 6.07 Å². The number of rotatable bonds is 3. The Morgan fingerprint density at radius 1 is 1.30 bits per heavy atom. The number of methoxy groups -OCH3 is 1. The first-order chi connectivity index (χ1) is 11.0. The highest BCUT2D eigenvalue weighted by Gasteiger charge is 2.24. The normalized spacial score (nSPS) is 12.5. The summed E-state index contributed by atoms with van der Waals surface area (Å²) in [4.78, 5) is 34.3. The lowest BCUT2D eigenvalue weighted by atomic mass is 9.95. The predicted molar refractivity (Wildman–Crippen MR) is 81.0 cm³/mol. The maximum absolute atomic E-state index is 12.0. The second-order valence-corrected chi connectivity index (χ2v) is 5.04. The predicted octanol–water partition coefficient (Wildman–Crippen LogP) is 2.29. The first-order valence-corrected chi connectivity index (χ1v) is 6.79. The van der Waals surface area contributed by atoms with Crippen LogP contribution in [0.15, 0.2) is 36.4 Å². The van der Waals surface area contributed by atoms with E-state index in [2.05, 4.69) is 10.1 Å². The average molecular weight is 312 g/mol. The lowest BCUT2D eigenvalue weighted by Gasteiger charge is -2.08. The highest BCUT2D eigenvalue weighted by molar-refractivity contribution is 6.05. The van der Waals surface area contributed by atoms with Gasteiger partial charge in [-0.2, -0.15) is 0 Å². The maximum atomic E-state index is 12.0. The van der Waals surface area contributed by atoms with Gasteiger partial charge in [-0.1, -0.05) is 18.2 Å². The number of non-ortho nitro benzene ring substituents is 1. The number of nitrogens with zero attached hydrogens (tertiary/aromatic N) is 1. The van der Waals surface area contributed by atoms with Gasteiger partial charge in [0.25, 0.3) is 11.6 Å². The van der Waals surface area contributed by atoms with Gasteiger partial charge < -0.3 is 10.1 Å². The lowest BCUT2D eigenvalue weighted by molar-refractivity contribution is -0.384. The fourth-order valence-electron chi connectivity index (χ4n) is 2.63. The summed E-state index contributed by atoms with van der Waals surface area (Å²) in [6.45, 7) is 0.417. The third-order valence-electron chi connectivity index (χ3n) is 3.68. The number of hydrogen-bond acceptors (Lipinski definition) is 5. The molecule has 0 spiro atoms. The molecule has 1 N–H and O–H groups in total. The molecule has 1 aliphatic rings. The van der Waals surface area contributed by atoms with Crippen LogP contribution in [0.25, 0.3) is 11.1 Å². The first kappa shape index (κ1) is 14.7. The van der Waals surface area contributed by atoms with Crippen molar-refractivity contribution in [3.63, 3.8) is 0 Å². The maximum Gasteiger partial charge on any atom is 0.338 e. The quantitative estimate of drug-likeness (QED) is 0.532. The van der Waals surface area contributed by atoms with Crippen molar-refractivity contribution >= 4 is 17.6 Å². The lowest BCUT2D eigenvalue weighted by Crippen LogP contribution is -2.13. The zero-order valence-corrected chi connectivity index (χ0v) is 12.2. The third-order valence-corrected chi connectivity index (χ3v) is 3.68. The number of nitro benzene ring substituents is 1. The summed E-state index contributed by atoms with van der Waals surface area (Å²) in [6, 6.07) is 9.26. The van der Waals surface area contributed by atoms with Crippen LogP contribution in [0.2, 0.25) is 0 Å². The molecule has 0 unspecified atom stereocenters. The Kier molecular flexibility index (Phi) is 3.53. The van der Waals surface area contributed by atoms with Gasteiger partial charge in [-0.3, -0.25) is 14.9 Å². The van der Waals surface area contributed by atoms with Crippen LogP contribution in [0.4, 0.5) is 5.69 Å². The van der Waals surface area contributed by atoms with Crippen molar-refractivity contribution in [2.24, 2.45) is 0 Å². The molecule has 0 radical (unpaired) electrons. The number of esters is 1. The van der Waals surface area contributed by atoms with Gasteiger partial charge in [0.05, 0.1) is 23.2 Å². The molecule has 1 aliphatic heterocycles. The van der Waals surface area contributed by atoms with E-state index in [4.69, 9.17) is 0 Å². The monoisotopic (exact) mass is 312 g/mol. The van der Waals surface area contributed by atoms with Crippen molar-refractivity contribution in [1.82, 2.24) is 5.32 Å². The van der Waals surface area contributed by atoms with Gasteiger partial charge in [0, 0.05) is 18.7 Å². The summed E-state index contributed by atoms with van der Waals surface area (Å²) in [7, 11) is 1.20. The SMILES string of the molecule is COC(=O)c1cc(-c2cccc3c2C(=O)NC3)cc([N+](=O)[O-])c1. The molecule has 3 rings (SSSR count). The molecule has 23 heavy (non-hydrogen) atoms. The number of benzene rings is 2. The van der Waals surface area contributed by atoms with Crippen LogP contribution in [0.3, 0.4) is 0 Å². The largest absolute Gasteiger partial charge is 0.465 e.